The van der Waals surface area contributed by atoms with Gasteiger partial charge in [0.2, 0.25) is 0 Å². The van der Waals surface area contributed by atoms with Gasteiger partial charge in [-0.15, -0.1) is 10.6 Å². The maximum atomic E-state index is 14.6. The van der Waals surface area contributed by atoms with Crippen LogP contribution in [0.2, 0.25) is 0 Å². The number of rotatable bonds is 7. The van der Waals surface area contributed by atoms with Gasteiger partial charge >= 0.3 is 0 Å². The molecule has 4 N–H and O–H groups in total. The zero-order valence-electron chi connectivity index (χ0n) is 15.7. The number of hydrazone groups is 1. The molecule has 0 spiro atoms. The molecule has 1 aromatic heterocycles. The molecule has 11 nitrogen and oxygen atoms in total. The van der Waals surface area contributed by atoms with Gasteiger partial charge in [0.1, 0.15) is 17.4 Å². The Kier molecular flexibility index (Phi) is 6.14. The fourth-order valence-corrected chi connectivity index (χ4v) is 3.90. The van der Waals surface area contributed by atoms with Gasteiger partial charge in [-0.2, -0.15) is 5.12 Å². The number of aryl methyl sites for hydroxylation is 1. The van der Waals surface area contributed by atoms with E-state index in [1.54, 1.807) is 24.3 Å². The van der Waals surface area contributed by atoms with E-state index in [1.807, 2.05) is 0 Å². The molecule has 0 saturated carbocycles. The van der Waals surface area contributed by atoms with Gasteiger partial charge in [-0.05, 0) is 24.1 Å². The molecular weight excluding hydrogens is 419 g/mol. The number of sulfone groups is 1. The van der Waals surface area contributed by atoms with Crippen molar-refractivity contribution >= 4 is 27.8 Å². The zero-order valence-corrected chi connectivity index (χ0v) is 16.6. The third kappa shape index (κ3) is 4.64. The Balaban J connectivity index is 1.81. The highest BCUT2D eigenvalue weighted by atomic mass is 32.2. The summed E-state index contributed by atoms with van der Waals surface area (Å²) in [5.74, 6) is -1.81. The Morgan fingerprint density at radius 3 is 2.60 bits per heavy atom. The Morgan fingerprint density at radius 2 is 2.03 bits per heavy atom. The van der Waals surface area contributed by atoms with Crippen LogP contribution in [0.3, 0.4) is 0 Å². The molecule has 0 aliphatic carbocycles. The van der Waals surface area contributed by atoms with Crippen LogP contribution in [0.4, 0.5) is 10.1 Å². The van der Waals surface area contributed by atoms with Crippen molar-refractivity contribution in [2.24, 2.45) is 5.10 Å². The third-order valence-corrected chi connectivity index (χ3v) is 5.94. The van der Waals surface area contributed by atoms with E-state index in [-0.39, 0.29) is 18.5 Å². The second kappa shape index (κ2) is 8.61. The van der Waals surface area contributed by atoms with E-state index in [2.05, 4.69) is 16.1 Å². The van der Waals surface area contributed by atoms with Crippen molar-refractivity contribution in [1.82, 2.24) is 21.0 Å². The molecular formula is C17H19FN6O5S. The number of pyridine rings is 1. The molecule has 2 aromatic rings. The summed E-state index contributed by atoms with van der Waals surface area (Å²) in [6.07, 6.45) is 2.93. The SMILES string of the molecule is CS(=O)(=O)C(CCn1cc(F)c(-c2ccc(N3N=CNN3)cc2)cc1=O)C(=O)NO. The van der Waals surface area contributed by atoms with Gasteiger partial charge in [-0.3, -0.25) is 20.2 Å². The largest absolute Gasteiger partial charge is 0.312 e. The lowest BCUT2D eigenvalue weighted by Crippen LogP contribution is -2.39. The smallest absolute Gasteiger partial charge is 0.261 e. The molecule has 160 valence electrons. The summed E-state index contributed by atoms with van der Waals surface area (Å²) in [6, 6.07) is 7.71. The fourth-order valence-electron chi connectivity index (χ4n) is 2.93. The maximum Gasteiger partial charge on any atom is 0.261 e. The summed E-state index contributed by atoms with van der Waals surface area (Å²) in [7, 11) is -3.84. The lowest BCUT2D eigenvalue weighted by Gasteiger charge is -2.15. The van der Waals surface area contributed by atoms with Gasteiger partial charge in [0.15, 0.2) is 9.84 Å². The molecule has 1 aliphatic rings. The van der Waals surface area contributed by atoms with Crippen LogP contribution in [0.1, 0.15) is 6.42 Å². The van der Waals surface area contributed by atoms with Gasteiger partial charge in [0.05, 0.1) is 5.69 Å². The molecule has 13 heteroatoms. The molecule has 0 fully saturated rings. The number of benzene rings is 1. The number of carbonyl (C=O) groups is 1. The summed E-state index contributed by atoms with van der Waals surface area (Å²) in [5, 5.41) is 12.6. The van der Waals surface area contributed by atoms with Crippen molar-refractivity contribution in [2.45, 2.75) is 18.2 Å². The number of hydrazine groups is 2. The minimum Gasteiger partial charge on any atom is -0.312 e. The summed E-state index contributed by atoms with van der Waals surface area (Å²) < 4.78 is 39.0. The Labute approximate surface area is 170 Å². The normalized spacial score (nSPS) is 14.4. The van der Waals surface area contributed by atoms with Crippen molar-refractivity contribution in [2.75, 3.05) is 11.4 Å². The van der Waals surface area contributed by atoms with Gasteiger partial charge in [-0.25, -0.2) is 18.3 Å². The van der Waals surface area contributed by atoms with Crippen molar-refractivity contribution in [3.63, 3.8) is 0 Å². The van der Waals surface area contributed by atoms with Crippen LogP contribution in [0.25, 0.3) is 11.1 Å². The van der Waals surface area contributed by atoms with Gasteiger partial charge < -0.3 is 4.57 Å². The summed E-state index contributed by atoms with van der Waals surface area (Å²) in [5.41, 5.74) is 7.38. The second-order valence-electron chi connectivity index (χ2n) is 6.51. The number of halogens is 1. The van der Waals surface area contributed by atoms with Crippen molar-refractivity contribution < 1.29 is 22.8 Å². The molecule has 1 unspecified atom stereocenters. The van der Waals surface area contributed by atoms with Crippen molar-refractivity contribution in [3.05, 3.63) is 52.7 Å². The summed E-state index contributed by atoms with van der Waals surface area (Å²) in [4.78, 5) is 24.0. The first-order valence-corrected chi connectivity index (χ1v) is 10.6. The average Bonchev–Trinajstić information content (AvgIpc) is 3.24. The number of hydrogen-bond acceptors (Lipinski definition) is 9. The quantitative estimate of drug-likeness (QED) is 0.342. The lowest BCUT2D eigenvalue weighted by atomic mass is 10.1. The van der Waals surface area contributed by atoms with Crippen LogP contribution in [0.5, 0.6) is 0 Å². The van der Waals surface area contributed by atoms with E-state index in [0.717, 1.165) is 23.1 Å². The Bertz CT molecular complexity index is 1130. The van der Waals surface area contributed by atoms with Crippen LogP contribution in [0.15, 0.2) is 46.4 Å². The van der Waals surface area contributed by atoms with Crippen LogP contribution in [-0.4, -0.2) is 41.9 Å². The molecule has 3 rings (SSSR count). The van der Waals surface area contributed by atoms with E-state index < -0.39 is 32.4 Å². The van der Waals surface area contributed by atoms with Gasteiger partial charge in [-0.1, -0.05) is 12.1 Å². The monoisotopic (exact) mass is 438 g/mol. The number of hydrogen-bond donors (Lipinski definition) is 4. The number of anilines is 1. The molecule has 1 amide bonds. The zero-order chi connectivity index (χ0) is 21.9. The van der Waals surface area contributed by atoms with E-state index in [4.69, 9.17) is 5.21 Å². The molecule has 1 atom stereocenters. The van der Waals surface area contributed by atoms with Gasteiger partial charge in [0.25, 0.3) is 11.5 Å². The number of aromatic nitrogens is 1. The third-order valence-electron chi connectivity index (χ3n) is 4.46. The Morgan fingerprint density at radius 1 is 1.33 bits per heavy atom. The van der Waals surface area contributed by atoms with Crippen molar-refractivity contribution in [3.8, 4) is 11.1 Å². The van der Waals surface area contributed by atoms with Crippen molar-refractivity contribution in [1.29, 1.82) is 0 Å². The van der Waals surface area contributed by atoms with E-state index in [0.29, 0.717) is 11.3 Å². The molecule has 1 aliphatic heterocycles. The van der Waals surface area contributed by atoms with E-state index in [1.165, 1.54) is 16.9 Å². The highest BCUT2D eigenvalue weighted by Crippen LogP contribution is 2.24. The topological polar surface area (TPSA) is 145 Å². The number of amides is 1. The maximum absolute atomic E-state index is 14.6. The number of nitrogens with zero attached hydrogens (tertiary/aromatic N) is 3. The highest BCUT2D eigenvalue weighted by molar-refractivity contribution is 7.92. The molecule has 0 radical (unpaired) electrons. The van der Waals surface area contributed by atoms with E-state index in [9.17, 15) is 22.4 Å². The van der Waals surface area contributed by atoms with Gasteiger partial charge in [0, 0.05) is 30.6 Å². The number of hydroxylamine groups is 1. The fraction of sp³-hybridized carbons (Fsp3) is 0.235. The lowest BCUT2D eigenvalue weighted by molar-refractivity contribution is -0.128. The first-order valence-electron chi connectivity index (χ1n) is 8.67. The first-order chi connectivity index (χ1) is 14.2. The summed E-state index contributed by atoms with van der Waals surface area (Å²) in [6.45, 7) is -0.230. The molecule has 0 bridgehead atoms. The highest BCUT2D eigenvalue weighted by Gasteiger charge is 2.28. The minimum atomic E-state index is -3.84. The molecule has 1 aromatic carbocycles. The van der Waals surface area contributed by atoms with Crippen LogP contribution in [-0.2, 0) is 21.2 Å². The molecule has 0 saturated heterocycles. The average molecular weight is 438 g/mol. The summed E-state index contributed by atoms with van der Waals surface area (Å²) >= 11 is 0. The van der Waals surface area contributed by atoms with Crippen LogP contribution in [0, 0.1) is 5.82 Å². The predicted molar refractivity (Wildman–Crippen MR) is 107 cm³/mol. The first kappa shape index (κ1) is 21.4. The van der Waals surface area contributed by atoms with Crippen LogP contribution >= 0.6 is 0 Å². The minimum absolute atomic E-state index is 0.0755. The molecule has 2 heterocycles. The predicted octanol–water partition coefficient (Wildman–Crippen LogP) is -0.264. The second-order valence-corrected chi connectivity index (χ2v) is 8.74. The standard InChI is InChI=1S/C17H19FN6O5S/c1-30(28,29)15(17(26)21-27)6-7-23-9-14(18)13(8-16(23)25)11-2-4-12(5-3-11)24-20-10-19-22-24/h2-5,8-10,15,22,27H,6-7H2,1H3,(H,19,20)(H,21,26). The van der Waals surface area contributed by atoms with Crippen LogP contribution < -0.4 is 27.1 Å². The molecule has 30 heavy (non-hydrogen) atoms. The number of nitrogens with one attached hydrogen (secondary N) is 3. The Hall–Kier alpha value is -3.29. The number of carbonyl (C=O) groups excluding carboxylic acids is 1. The van der Waals surface area contributed by atoms with E-state index >= 15 is 0 Å².